The molecule has 0 aliphatic heterocycles. The first kappa shape index (κ1) is 20.3. The lowest BCUT2D eigenvalue weighted by Crippen LogP contribution is -2.42. The summed E-state index contributed by atoms with van der Waals surface area (Å²) in [5, 5.41) is -0.174. The second-order valence-electron chi connectivity index (χ2n) is 5.24. The predicted octanol–water partition coefficient (Wildman–Crippen LogP) is 5.30. The maximum Gasteiger partial charge on any atom is 0.265 e. The van der Waals surface area contributed by atoms with E-state index in [1.807, 2.05) is 0 Å². The molecule has 0 saturated carbocycles. The molecule has 0 radical (unpaired) electrons. The van der Waals surface area contributed by atoms with Gasteiger partial charge in [-0.15, -0.1) is 0 Å². The summed E-state index contributed by atoms with van der Waals surface area (Å²) >= 11 is 23.5. The Morgan fingerprint density at radius 1 is 1.04 bits per heavy atom. The van der Waals surface area contributed by atoms with Crippen LogP contribution in [0, 0.1) is 6.92 Å². The molecular formula is C16H13Cl4NO3S. The highest BCUT2D eigenvalue weighted by Crippen LogP contribution is 2.34. The van der Waals surface area contributed by atoms with Gasteiger partial charge in [-0.2, -0.15) is 0 Å². The third kappa shape index (κ3) is 4.07. The molecule has 2 rings (SSSR count). The molecule has 0 fully saturated rings. The molecule has 9 heteroatoms. The number of hydrogen-bond donors (Lipinski definition) is 0. The Labute approximate surface area is 166 Å². The van der Waals surface area contributed by atoms with Crippen molar-refractivity contribution in [1.29, 1.82) is 0 Å². The highest BCUT2D eigenvalue weighted by molar-refractivity contribution is 7.93. The molecule has 4 nitrogen and oxygen atoms in total. The average Bonchev–Trinajstić information content (AvgIpc) is 2.53. The van der Waals surface area contributed by atoms with Gasteiger partial charge in [0.2, 0.25) is 5.24 Å². The van der Waals surface area contributed by atoms with Gasteiger partial charge in [0.15, 0.2) is 0 Å². The van der Waals surface area contributed by atoms with Crippen molar-refractivity contribution in [3.8, 4) is 0 Å². The second-order valence-corrected chi connectivity index (χ2v) is 8.65. The van der Waals surface area contributed by atoms with E-state index in [1.165, 1.54) is 25.1 Å². The highest BCUT2D eigenvalue weighted by atomic mass is 35.5. The van der Waals surface area contributed by atoms with Crippen LogP contribution in [-0.4, -0.2) is 19.7 Å². The summed E-state index contributed by atoms with van der Waals surface area (Å²) in [5.74, 6) is 0. The third-order valence-corrected chi connectivity index (χ3v) is 6.95. The van der Waals surface area contributed by atoms with Gasteiger partial charge in [0.25, 0.3) is 10.0 Å². The van der Waals surface area contributed by atoms with Gasteiger partial charge in [-0.05, 0) is 61.3 Å². The Morgan fingerprint density at radius 3 is 2.24 bits per heavy atom. The quantitative estimate of drug-likeness (QED) is 0.592. The maximum absolute atomic E-state index is 13.2. The molecule has 0 spiro atoms. The van der Waals surface area contributed by atoms with Crippen molar-refractivity contribution in [2.45, 2.75) is 24.8 Å². The molecule has 0 aliphatic carbocycles. The zero-order valence-corrected chi connectivity index (χ0v) is 17.0. The minimum absolute atomic E-state index is 0.0790. The molecule has 0 bridgehead atoms. The topological polar surface area (TPSA) is 54.5 Å². The Hall–Kier alpha value is -0.980. The highest BCUT2D eigenvalue weighted by Gasteiger charge is 2.34. The zero-order chi connectivity index (χ0) is 18.9. The minimum atomic E-state index is -4.15. The van der Waals surface area contributed by atoms with Crippen LogP contribution in [0.15, 0.2) is 41.3 Å². The Morgan fingerprint density at radius 2 is 1.68 bits per heavy atom. The van der Waals surface area contributed by atoms with Gasteiger partial charge in [-0.1, -0.05) is 40.9 Å². The summed E-state index contributed by atoms with van der Waals surface area (Å²) in [6.45, 7) is 3.05. The van der Waals surface area contributed by atoms with E-state index < -0.39 is 21.3 Å². The fourth-order valence-electron chi connectivity index (χ4n) is 2.22. The van der Waals surface area contributed by atoms with Gasteiger partial charge < -0.3 is 0 Å². The molecular weight excluding hydrogens is 428 g/mol. The smallest absolute Gasteiger partial charge is 0.265 e. The zero-order valence-electron chi connectivity index (χ0n) is 13.1. The molecule has 1 atom stereocenters. The van der Waals surface area contributed by atoms with E-state index in [4.69, 9.17) is 46.4 Å². The van der Waals surface area contributed by atoms with E-state index in [9.17, 15) is 13.2 Å². The first-order valence-electron chi connectivity index (χ1n) is 7.01. The lowest BCUT2D eigenvalue weighted by atomic mass is 10.2. The number of carbonyl (C=O) groups is 1. The second kappa shape index (κ2) is 7.72. The van der Waals surface area contributed by atoms with Crippen molar-refractivity contribution in [3.05, 3.63) is 57.0 Å². The number of benzene rings is 2. The number of nitrogens with zero attached hydrogens (tertiary/aromatic N) is 1. The molecule has 1 unspecified atom stereocenters. The van der Waals surface area contributed by atoms with Gasteiger partial charge in [-0.3, -0.25) is 9.10 Å². The van der Waals surface area contributed by atoms with E-state index in [1.54, 1.807) is 25.1 Å². The normalized spacial score (nSPS) is 12.7. The molecule has 2 aromatic rings. The SMILES string of the molecule is Cc1c(Cl)cccc1N(C(C)C(=O)Cl)S(=O)(=O)c1ccc(Cl)c(Cl)c1. The summed E-state index contributed by atoms with van der Waals surface area (Å²) in [6.07, 6.45) is 0. The van der Waals surface area contributed by atoms with Crippen molar-refractivity contribution in [1.82, 2.24) is 0 Å². The van der Waals surface area contributed by atoms with Gasteiger partial charge in [0.1, 0.15) is 6.04 Å². The molecule has 0 aromatic heterocycles. The summed E-state index contributed by atoms with van der Waals surface area (Å²) < 4.78 is 27.3. The summed E-state index contributed by atoms with van der Waals surface area (Å²) in [6, 6.07) is 7.50. The first-order valence-corrected chi connectivity index (χ1v) is 9.96. The molecule has 25 heavy (non-hydrogen) atoms. The number of halogens is 4. The number of carbonyl (C=O) groups excluding carboxylic acids is 1. The van der Waals surface area contributed by atoms with Crippen LogP contribution in [0.2, 0.25) is 15.1 Å². The lowest BCUT2D eigenvalue weighted by molar-refractivity contribution is -0.112. The van der Waals surface area contributed by atoms with Crippen LogP contribution in [0.4, 0.5) is 5.69 Å². The van der Waals surface area contributed by atoms with Gasteiger partial charge in [-0.25, -0.2) is 8.42 Å². The molecule has 134 valence electrons. The van der Waals surface area contributed by atoms with E-state index in [0.29, 0.717) is 10.6 Å². The minimum Gasteiger partial charge on any atom is -0.279 e. The van der Waals surface area contributed by atoms with Gasteiger partial charge >= 0.3 is 0 Å². The average molecular weight is 441 g/mol. The van der Waals surface area contributed by atoms with Crippen molar-refractivity contribution in [2.75, 3.05) is 4.31 Å². The van der Waals surface area contributed by atoms with Crippen LogP contribution in [0.5, 0.6) is 0 Å². The Balaban J connectivity index is 2.72. The third-order valence-electron chi connectivity index (χ3n) is 3.60. The van der Waals surface area contributed by atoms with E-state index in [2.05, 4.69) is 0 Å². The standard InChI is InChI=1S/C16H13Cl4NO3S/c1-9-12(17)4-3-5-15(9)21(10(2)16(20)22)25(23,24)11-6-7-13(18)14(19)8-11/h3-8,10H,1-2H3. The summed E-state index contributed by atoms with van der Waals surface area (Å²) in [4.78, 5) is 11.6. The molecule has 0 N–H and O–H groups in total. The van der Waals surface area contributed by atoms with Crippen molar-refractivity contribution < 1.29 is 13.2 Å². The van der Waals surface area contributed by atoms with E-state index in [-0.39, 0.29) is 20.6 Å². The van der Waals surface area contributed by atoms with Crippen LogP contribution in [-0.2, 0) is 14.8 Å². The predicted molar refractivity (Wildman–Crippen MR) is 103 cm³/mol. The van der Waals surface area contributed by atoms with Crippen molar-refractivity contribution in [2.24, 2.45) is 0 Å². The molecule has 0 amide bonds. The lowest BCUT2D eigenvalue weighted by Gasteiger charge is -2.30. The molecule has 0 aliphatic rings. The van der Waals surface area contributed by atoms with Crippen LogP contribution in [0.1, 0.15) is 12.5 Å². The monoisotopic (exact) mass is 439 g/mol. The van der Waals surface area contributed by atoms with Crippen molar-refractivity contribution in [3.63, 3.8) is 0 Å². The molecule has 0 saturated heterocycles. The maximum atomic E-state index is 13.2. The fourth-order valence-corrected chi connectivity index (χ4v) is 4.61. The van der Waals surface area contributed by atoms with E-state index >= 15 is 0 Å². The van der Waals surface area contributed by atoms with Crippen molar-refractivity contribution >= 4 is 67.4 Å². The van der Waals surface area contributed by atoms with Crippen LogP contribution in [0.3, 0.4) is 0 Å². The van der Waals surface area contributed by atoms with E-state index in [0.717, 1.165) is 4.31 Å². The molecule has 2 aromatic carbocycles. The summed E-state index contributed by atoms with van der Waals surface area (Å²) in [5.41, 5.74) is 0.748. The molecule has 0 heterocycles. The number of rotatable bonds is 5. The van der Waals surface area contributed by atoms with Crippen LogP contribution in [0.25, 0.3) is 0 Å². The Bertz CT molecular complexity index is 931. The fraction of sp³-hybridized carbons (Fsp3) is 0.188. The number of sulfonamides is 1. The van der Waals surface area contributed by atoms with Gasteiger partial charge in [0, 0.05) is 5.02 Å². The number of anilines is 1. The summed E-state index contributed by atoms with van der Waals surface area (Å²) in [7, 11) is -4.15. The Kier molecular flexibility index (Phi) is 6.28. The van der Waals surface area contributed by atoms with Crippen LogP contribution >= 0.6 is 46.4 Å². The largest absolute Gasteiger partial charge is 0.279 e. The van der Waals surface area contributed by atoms with Gasteiger partial charge in [0.05, 0.1) is 20.6 Å². The first-order chi connectivity index (χ1) is 11.6. The van der Waals surface area contributed by atoms with Crippen LogP contribution < -0.4 is 4.31 Å². The number of hydrogen-bond acceptors (Lipinski definition) is 3.